The van der Waals surface area contributed by atoms with E-state index in [1.54, 1.807) is 11.3 Å². The van der Waals surface area contributed by atoms with E-state index in [1.165, 1.54) is 17.7 Å². The fourth-order valence-corrected chi connectivity index (χ4v) is 4.17. The molecule has 0 aromatic carbocycles. The first-order valence-electron chi connectivity index (χ1n) is 6.04. The molecule has 1 aromatic rings. The molecule has 0 bridgehead atoms. The van der Waals surface area contributed by atoms with E-state index < -0.39 is 0 Å². The van der Waals surface area contributed by atoms with Crippen molar-refractivity contribution in [2.75, 3.05) is 18.9 Å². The third-order valence-corrected chi connectivity index (χ3v) is 5.85. The third-order valence-electron chi connectivity index (χ3n) is 3.44. The predicted octanol–water partition coefficient (Wildman–Crippen LogP) is 5.03. The molecule has 0 spiro atoms. The molecule has 0 saturated heterocycles. The van der Waals surface area contributed by atoms with Crippen LogP contribution < -0.4 is 0 Å². The van der Waals surface area contributed by atoms with Crippen molar-refractivity contribution in [3.8, 4) is 0 Å². The summed E-state index contributed by atoms with van der Waals surface area (Å²) in [5, 5.41) is 1.07. The van der Waals surface area contributed by atoms with Crippen LogP contribution in [0.25, 0.3) is 0 Å². The van der Waals surface area contributed by atoms with Crippen LogP contribution in [0, 0.1) is 5.41 Å². The van der Waals surface area contributed by atoms with Gasteiger partial charge in [0.15, 0.2) is 0 Å². The summed E-state index contributed by atoms with van der Waals surface area (Å²) in [6.07, 6.45) is 2.43. The molecule has 0 aliphatic heterocycles. The van der Waals surface area contributed by atoms with Crippen molar-refractivity contribution in [3.05, 3.63) is 21.3 Å². The molecule has 0 atom stereocenters. The topological polar surface area (TPSA) is 3.24 Å². The molecule has 0 unspecified atom stereocenters. The lowest BCUT2D eigenvalue weighted by Gasteiger charge is -2.34. The molecule has 1 aromatic heterocycles. The second kappa shape index (κ2) is 7.13. The highest BCUT2D eigenvalue weighted by atomic mass is 79.9. The highest BCUT2D eigenvalue weighted by Gasteiger charge is 2.26. The van der Waals surface area contributed by atoms with E-state index in [2.05, 4.69) is 47.8 Å². The normalized spacial score (nSPS) is 12.4. The smallest absolute Gasteiger partial charge is 0.0931 e. The Morgan fingerprint density at radius 1 is 1.35 bits per heavy atom. The Morgan fingerprint density at radius 3 is 2.41 bits per heavy atom. The number of halogens is 2. The summed E-state index contributed by atoms with van der Waals surface area (Å²) in [5.74, 6) is 0. The van der Waals surface area contributed by atoms with E-state index in [-0.39, 0.29) is 0 Å². The minimum absolute atomic E-state index is 0.399. The molecule has 1 nitrogen and oxygen atoms in total. The van der Waals surface area contributed by atoms with E-state index >= 15 is 0 Å². The maximum absolute atomic E-state index is 5.95. The maximum Gasteiger partial charge on any atom is 0.0931 e. The summed E-state index contributed by atoms with van der Waals surface area (Å²) < 4.78 is 0.881. The van der Waals surface area contributed by atoms with Gasteiger partial charge in [0.1, 0.15) is 0 Å². The largest absolute Gasteiger partial charge is 0.301 e. The zero-order valence-electron chi connectivity index (χ0n) is 10.8. The molecule has 0 amide bonds. The average Bonchev–Trinajstić information content (AvgIpc) is 2.72. The van der Waals surface area contributed by atoms with Gasteiger partial charge in [0.05, 0.1) is 4.34 Å². The lowest BCUT2D eigenvalue weighted by molar-refractivity contribution is 0.181. The molecule has 0 saturated carbocycles. The van der Waals surface area contributed by atoms with Crippen molar-refractivity contribution in [2.45, 2.75) is 33.2 Å². The average molecular weight is 339 g/mol. The van der Waals surface area contributed by atoms with Crippen molar-refractivity contribution in [3.63, 3.8) is 0 Å². The van der Waals surface area contributed by atoms with E-state index in [4.69, 9.17) is 11.6 Å². The van der Waals surface area contributed by atoms with Gasteiger partial charge in [0.25, 0.3) is 0 Å². The van der Waals surface area contributed by atoms with Crippen molar-refractivity contribution in [2.24, 2.45) is 5.41 Å². The van der Waals surface area contributed by atoms with Gasteiger partial charge < -0.3 is 4.90 Å². The second-order valence-corrected chi connectivity index (χ2v) is 7.08. The Labute approximate surface area is 122 Å². The van der Waals surface area contributed by atoms with Crippen LogP contribution in [0.3, 0.4) is 0 Å². The number of hydrogen-bond acceptors (Lipinski definition) is 2. The zero-order valence-corrected chi connectivity index (χ0v) is 14.0. The molecule has 98 valence electrons. The van der Waals surface area contributed by atoms with Gasteiger partial charge in [-0.1, -0.05) is 41.4 Å². The van der Waals surface area contributed by atoms with Crippen LogP contribution in [-0.2, 0) is 6.54 Å². The summed E-state index contributed by atoms with van der Waals surface area (Å²) in [6, 6.07) is 4.10. The van der Waals surface area contributed by atoms with Crippen molar-refractivity contribution in [1.82, 2.24) is 4.90 Å². The first kappa shape index (κ1) is 15.5. The minimum Gasteiger partial charge on any atom is -0.301 e. The van der Waals surface area contributed by atoms with Gasteiger partial charge in [-0.05, 0) is 37.4 Å². The summed E-state index contributed by atoms with van der Waals surface area (Å²) >= 11 is 11.3. The van der Waals surface area contributed by atoms with Gasteiger partial charge >= 0.3 is 0 Å². The first-order chi connectivity index (χ1) is 8.05. The van der Waals surface area contributed by atoms with Crippen LogP contribution in [-0.4, -0.2) is 23.8 Å². The van der Waals surface area contributed by atoms with Crippen molar-refractivity contribution < 1.29 is 0 Å². The van der Waals surface area contributed by atoms with Crippen molar-refractivity contribution >= 4 is 38.9 Å². The van der Waals surface area contributed by atoms with Crippen LogP contribution in [0.5, 0.6) is 0 Å². The van der Waals surface area contributed by atoms with E-state index in [0.717, 1.165) is 22.8 Å². The lowest BCUT2D eigenvalue weighted by Crippen LogP contribution is -2.35. The molecule has 0 N–H and O–H groups in total. The molecule has 0 radical (unpaired) electrons. The Hall–Kier alpha value is 0.430. The van der Waals surface area contributed by atoms with Gasteiger partial charge in [-0.3, -0.25) is 0 Å². The lowest BCUT2D eigenvalue weighted by atomic mass is 9.84. The third kappa shape index (κ3) is 4.55. The molecular formula is C13H21BrClNS. The Morgan fingerprint density at radius 2 is 2.00 bits per heavy atom. The maximum atomic E-state index is 5.95. The SMILES string of the molecule is CCC(CC)(CBr)CN(C)Cc1ccc(Cl)s1. The molecule has 17 heavy (non-hydrogen) atoms. The van der Waals surface area contributed by atoms with E-state index in [1.807, 2.05) is 6.07 Å². The minimum atomic E-state index is 0.399. The summed E-state index contributed by atoms with van der Waals surface area (Å²) in [4.78, 5) is 3.74. The Balaban J connectivity index is 2.56. The zero-order chi connectivity index (χ0) is 12.9. The predicted molar refractivity (Wildman–Crippen MR) is 82.5 cm³/mol. The van der Waals surface area contributed by atoms with Crippen LogP contribution in [0.1, 0.15) is 31.6 Å². The van der Waals surface area contributed by atoms with Gasteiger partial charge in [-0.15, -0.1) is 11.3 Å². The van der Waals surface area contributed by atoms with Crippen LogP contribution >= 0.6 is 38.9 Å². The molecule has 0 aliphatic rings. The number of nitrogens with zero attached hydrogens (tertiary/aromatic N) is 1. The van der Waals surface area contributed by atoms with E-state index in [0.29, 0.717) is 5.41 Å². The van der Waals surface area contributed by atoms with Crippen molar-refractivity contribution in [1.29, 1.82) is 0 Å². The van der Waals surface area contributed by atoms with Crippen LogP contribution in [0.4, 0.5) is 0 Å². The molecular weight excluding hydrogens is 318 g/mol. The van der Waals surface area contributed by atoms with Gasteiger partial charge in [0, 0.05) is 23.3 Å². The quantitative estimate of drug-likeness (QED) is 0.630. The second-order valence-electron chi connectivity index (χ2n) is 4.72. The van der Waals surface area contributed by atoms with Gasteiger partial charge in [-0.25, -0.2) is 0 Å². The summed E-state index contributed by atoms with van der Waals surface area (Å²) in [7, 11) is 2.19. The molecule has 0 aliphatic carbocycles. The fraction of sp³-hybridized carbons (Fsp3) is 0.692. The standard InChI is InChI=1S/C13H21BrClNS/c1-4-13(5-2,9-14)10-16(3)8-11-6-7-12(15)17-11/h6-7H,4-5,8-10H2,1-3H3. The number of thiophene rings is 1. The van der Waals surface area contributed by atoms with Gasteiger partial charge in [-0.2, -0.15) is 0 Å². The summed E-state index contributed by atoms with van der Waals surface area (Å²) in [6.45, 7) is 6.67. The number of hydrogen-bond donors (Lipinski definition) is 0. The molecule has 1 rings (SSSR count). The first-order valence-corrected chi connectivity index (χ1v) is 8.35. The van der Waals surface area contributed by atoms with Crippen LogP contribution in [0.15, 0.2) is 12.1 Å². The number of alkyl halides is 1. The van der Waals surface area contributed by atoms with Gasteiger partial charge in [0.2, 0.25) is 0 Å². The molecule has 4 heteroatoms. The monoisotopic (exact) mass is 337 g/mol. The highest BCUT2D eigenvalue weighted by Crippen LogP contribution is 2.30. The van der Waals surface area contributed by atoms with E-state index in [9.17, 15) is 0 Å². The number of rotatable bonds is 7. The molecule has 1 heterocycles. The molecule has 0 fully saturated rings. The fourth-order valence-electron chi connectivity index (χ4n) is 2.04. The Bertz CT molecular complexity index is 328. The van der Waals surface area contributed by atoms with Crippen LogP contribution in [0.2, 0.25) is 4.34 Å². The summed E-state index contributed by atoms with van der Waals surface area (Å²) in [5.41, 5.74) is 0.399. The Kier molecular flexibility index (Phi) is 6.49. The highest BCUT2D eigenvalue weighted by molar-refractivity contribution is 9.09.